The number of nitrogens with zero attached hydrogens (tertiary/aromatic N) is 2. The Morgan fingerprint density at radius 2 is 2.25 bits per heavy atom. The highest BCUT2D eigenvalue weighted by Crippen LogP contribution is 2.12. The molecule has 1 heterocycles. The van der Waals surface area contributed by atoms with Crippen molar-refractivity contribution in [1.82, 2.24) is 9.78 Å². The van der Waals surface area contributed by atoms with Crippen LogP contribution in [0.5, 0.6) is 5.88 Å². The Bertz CT molecular complexity index is 243. The summed E-state index contributed by atoms with van der Waals surface area (Å²) < 4.78 is 1.62. The van der Waals surface area contributed by atoms with Crippen LogP contribution < -0.4 is 0 Å². The lowest BCUT2D eigenvalue weighted by Crippen LogP contribution is -1.96. The first kappa shape index (κ1) is 9.10. The average Bonchev–Trinajstić information content (AvgIpc) is 2.43. The smallest absolute Gasteiger partial charge is 0.209 e. The van der Waals surface area contributed by atoms with Crippen LogP contribution in [0, 0.1) is 0 Å². The van der Waals surface area contributed by atoms with Gasteiger partial charge in [0.25, 0.3) is 0 Å². The van der Waals surface area contributed by atoms with Crippen molar-refractivity contribution in [3.05, 3.63) is 11.8 Å². The van der Waals surface area contributed by atoms with Crippen LogP contribution in [0.15, 0.2) is 6.07 Å². The summed E-state index contributed by atoms with van der Waals surface area (Å²) in [6.07, 6.45) is 3.27. The Morgan fingerprint density at radius 3 is 2.75 bits per heavy atom. The fraction of sp³-hybridized carbons (Fsp3) is 0.667. The minimum atomic E-state index is 0.281. The van der Waals surface area contributed by atoms with E-state index in [1.165, 1.54) is 6.42 Å². The molecule has 68 valence electrons. The molecule has 0 atom stereocenters. The zero-order valence-electron chi connectivity index (χ0n) is 7.75. The van der Waals surface area contributed by atoms with Crippen molar-refractivity contribution in [3.63, 3.8) is 0 Å². The van der Waals surface area contributed by atoms with E-state index in [9.17, 15) is 5.11 Å². The third-order valence-corrected chi connectivity index (χ3v) is 1.90. The molecule has 0 unspecified atom stereocenters. The van der Waals surface area contributed by atoms with Gasteiger partial charge < -0.3 is 5.11 Å². The summed E-state index contributed by atoms with van der Waals surface area (Å²) in [5.74, 6) is 0.281. The molecule has 0 spiro atoms. The van der Waals surface area contributed by atoms with Gasteiger partial charge in [0, 0.05) is 12.6 Å². The predicted molar refractivity (Wildman–Crippen MR) is 48.2 cm³/mol. The fourth-order valence-electron chi connectivity index (χ4n) is 1.17. The number of hydrogen-bond acceptors (Lipinski definition) is 2. The van der Waals surface area contributed by atoms with E-state index in [-0.39, 0.29) is 5.88 Å². The fourth-order valence-corrected chi connectivity index (χ4v) is 1.17. The maximum atomic E-state index is 9.33. The first-order chi connectivity index (χ1) is 5.77. The molecule has 0 aliphatic carbocycles. The van der Waals surface area contributed by atoms with E-state index in [1.54, 1.807) is 10.7 Å². The molecule has 1 aromatic heterocycles. The van der Waals surface area contributed by atoms with Gasteiger partial charge in [0.2, 0.25) is 5.88 Å². The summed E-state index contributed by atoms with van der Waals surface area (Å²) in [5.41, 5.74) is 0.996. The standard InChI is InChI=1S/C9H16N2O/c1-3-5-6-8-7-9(12)11(4-2)10-8/h7,12H,3-6H2,1-2H3. The Balaban J connectivity index is 2.62. The lowest BCUT2D eigenvalue weighted by atomic mass is 10.2. The molecule has 0 saturated carbocycles. The number of aromatic hydroxyl groups is 1. The Hall–Kier alpha value is -0.990. The van der Waals surface area contributed by atoms with Gasteiger partial charge in [-0.05, 0) is 19.8 Å². The molecule has 0 aliphatic heterocycles. The van der Waals surface area contributed by atoms with Crippen LogP contribution in [-0.4, -0.2) is 14.9 Å². The molecule has 0 fully saturated rings. The van der Waals surface area contributed by atoms with Gasteiger partial charge in [-0.1, -0.05) is 13.3 Å². The Morgan fingerprint density at radius 1 is 1.50 bits per heavy atom. The van der Waals surface area contributed by atoms with Crippen molar-refractivity contribution < 1.29 is 5.11 Å². The second-order valence-electron chi connectivity index (χ2n) is 2.91. The van der Waals surface area contributed by atoms with Crippen molar-refractivity contribution >= 4 is 0 Å². The number of aryl methyl sites for hydroxylation is 2. The van der Waals surface area contributed by atoms with Crippen LogP contribution >= 0.6 is 0 Å². The van der Waals surface area contributed by atoms with Crippen molar-refractivity contribution in [3.8, 4) is 5.88 Å². The number of aromatic nitrogens is 2. The molecule has 3 nitrogen and oxygen atoms in total. The zero-order chi connectivity index (χ0) is 8.97. The van der Waals surface area contributed by atoms with E-state index in [0.717, 1.165) is 25.1 Å². The molecule has 0 amide bonds. The van der Waals surface area contributed by atoms with Crippen LogP contribution in [-0.2, 0) is 13.0 Å². The molecule has 12 heavy (non-hydrogen) atoms. The number of rotatable bonds is 4. The molecular formula is C9H16N2O. The highest BCUT2D eigenvalue weighted by atomic mass is 16.3. The minimum absolute atomic E-state index is 0.281. The van der Waals surface area contributed by atoms with Gasteiger partial charge >= 0.3 is 0 Å². The molecule has 1 rings (SSSR count). The monoisotopic (exact) mass is 168 g/mol. The van der Waals surface area contributed by atoms with Gasteiger partial charge in [0.05, 0.1) is 5.69 Å². The lowest BCUT2D eigenvalue weighted by molar-refractivity contribution is 0.404. The minimum Gasteiger partial charge on any atom is -0.493 e. The average molecular weight is 168 g/mol. The van der Waals surface area contributed by atoms with Crippen molar-refractivity contribution in [2.24, 2.45) is 0 Å². The molecule has 1 aromatic rings. The van der Waals surface area contributed by atoms with E-state index in [4.69, 9.17) is 0 Å². The SMILES string of the molecule is CCCCc1cc(O)n(CC)n1. The van der Waals surface area contributed by atoms with Gasteiger partial charge in [-0.25, -0.2) is 4.68 Å². The molecule has 0 bridgehead atoms. The van der Waals surface area contributed by atoms with Crippen LogP contribution in [0.4, 0.5) is 0 Å². The van der Waals surface area contributed by atoms with E-state index in [0.29, 0.717) is 0 Å². The van der Waals surface area contributed by atoms with Crippen molar-refractivity contribution in [2.75, 3.05) is 0 Å². The van der Waals surface area contributed by atoms with E-state index in [2.05, 4.69) is 12.0 Å². The van der Waals surface area contributed by atoms with Gasteiger partial charge in [-0.2, -0.15) is 5.10 Å². The molecule has 0 aromatic carbocycles. The summed E-state index contributed by atoms with van der Waals surface area (Å²) in [7, 11) is 0. The summed E-state index contributed by atoms with van der Waals surface area (Å²) >= 11 is 0. The maximum absolute atomic E-state index is 9.33. The first-order valence-electron chi connectivity index (χ1n) is 4.53. The van der Waals surface area contributed by atoms with Gasteiger partial charge in [0.1, 0.15) is 0 Å². The third-order valence-electron chi connectivity index (χ3n) is 1.90. The highest BCUT2D eigenvalue weighted by molar-refractivity contribution is 5.14. The molecular weight excluding hydrogens is 152 g/mol. The lowest BCUT2D eigenvalue weighted by Gasteiger charge is -1.95. The maximum Gasteiger partial charge on any atom is 0.209 e. The van der Waals surface area contributed by atoms with Crippen LogP contribution in [0.1, 0.15) is 32.4 Å². The normalized spacial score (nSPS) is 10.5. The van der Waals surface area contributed by atoms with Crippen LogP contribution in [0.2, 0.25) is 0 Å². The van der Waals surface area contributed by atoms with E-state index >= 15 is 0 Å². The number of hydrogen-bond donors (Lipinski definition) is 1. The van der Waals surface area contributed by atoms with Crippen LogP contribution in [0.3, 0.4) is 0 Å². The van der Waals surface area contributed by atoms with E-state index in [1.807, 2.05) is 6.92 Å². The second-order valence-corrected chi connectivity index (χ2v) is 2.91. The second kappa shape index (κ2) is 4.14. The van der Waals surface area contributed by atoms with Crippen LogP contribution in [0.25, 0.3) is 0 Å². The largest absolute Gasteiger partial charge is 0.493 e. The summed E-state index contributed by atoms with van der Waals surface area (Å²) in [5, 5.41) is 13.6. The Kier molecular flexibility index (Phi) is 3.14. The van der Waals surface area contributed by atoms with Gasteiger partial charge in [-0.3, -0.25) is 0 Å². The van der Waals surface area contributed by atoms with E-state index < -0.39 is 0 Å². The molecule has 1 N–H and O–H groups in total. The summed E-state index contributed by atoms with van der Waals surface area (Å²) in [4.78, 5) is 0. The number of unbranched alkanes of at least 4 members (excludes halogenated alkanes) is 1. The summed E-state index contributed by atoms with van der Waals surface area (Å²) in [6, 6.07) is 1.75. The molecule has 0 radical (unpaired) electrons. The Labute approximate surface area is 73.0 Å². The van der Waals surface area contributed by atoms with Crippen molar-refractivity contribution in [1.29, 1.82) is 0 Å². The van der Waals surface area contributed by atoms with Crippen molar-refractivity contribution in [2.45, 2.75) is 39.7 Å². The van der Waals surface area contributed by atoms with Gasteiger partial charge in [0.15, 0.2) is 0 Å². The topological polar surface area (TPSA) is 38.0 Å². The third kappa shape index (κ3) is 2.00. The molecule has 0 aliphatic rings. The highest BCUT2D eigenvalue weighted by Gasteiger charge is 2.03. The molecule has 3 heteroatoms. The quantitative estimate of drug-likeness (QED) is 0.746. The predicted octanol–water partition coefficient (Wildman–Crippen LogP) is 1.95. The molecule has 0 saturated heterocycles. The first-order valence-corrected chi connectivity index (χ1v) is 4.53. The summed E-state index contributed by atoms with van der Waals surface area (Å²) in [6.45, 7) is 4.85. The zero-order valence-corrected chi connectivity index (χ0v) is 7.75. The van der Waals surface area contributed by atoms with Gasteiger partial charge in [-0.15, -0.1) is 0 Å².